The van der Waals surface area contributed by atoms with E-state index in [2.05, 4.69) is 23.4 Å². The van der Waals surface area contributed by atoms with Gasteiger partial charge < -0.3 is 9.84 Å². The molecule has 0 radical (unpaired) electrons. The molecule has 0 bridgehead atoms. The third kappa shape index (κ3) is 4.24. The zero-order chi connectivity index (χ0) is 22.2. The van der Waals surface area contributed by atoms with E-state index in [4.69, 9.17) is 16.3 Å². The molecule has 0 amide bonds. The summed E-state index contributed by atoms with van der Waals surface area (Å²) in [7, 11) is 0. The summed E-state index contributed by atoms with van der Waals surface area (Å²) in [6.07, 6.45) is 0.796. The number of fused-ring (bicyclic) bond motifs is 1. The molecule has 0 aliphatic rings. The van der Waals surface area contributed by atoms with Crippen LogP contribution in [0.5, 0.6) is 5.75 Å². The van der Waals surface area contributed by atoms with E-state index in [0.717, 1.165) is 0 Å². The van der Waals surface area contributed by atoms with Crippen molar-refractivity contribution in [2.45, 2.75) is 39.2 Å². The average molecular weight is 426 g/mol. The van der Waals surface area contributed by atoms with Crippen LogP contribution in [0.25, 0.3) is 16.7 Å². The number of rotatable bonds is 5. The van der Waals surface area contributed by atoms with Gasteiger partial charge in [0.2, 0.25) is 0 Å². The molecule has 0 saturated carbocycles. The van der Waals surface area contributed by atoms with Gasteiger partial charge in [0.1, 0.15) is 28.6 Å². The Labute approximate surface area is 180 Å². The molecule has 1 N–H and O–H groups in total. The maximum absolute atomic E-state index is 12.1. The minimum Gasteiger partial charge on any atom is -0.505 e. The van der Waals surface area contributed by atoms with E-state index in [1.165, 1.54) is 10.9 Å². The zero-order valence-corrected chi connectivity index (χ0v) is 18.2. The molecule has 2 aromatic carbocycles. The van der Waals surface area contributed by atoms with Gasteiger partial charge in [0.25, 0.3) is 0 Å². The van der Waals surface area contributed by atoms with Gasteiger partial charge in [0.15, 0.2) is 0 Å². The summed E-state index contributed by atoms with van der Waals surface area (Å²) in [5.41, 5.74) is 2.78. The highest BCUT2D eigenvalue weighted by Gasteiger charge is 2.26. The summed E-state index contributed by atoms with van der Waals surface area (Å²) in [5.74, 6) is -0.476. The third-order valence-corrected chi connectivity index (χ3v) is 4.84. The first-order valence-electron chi connectivity index (χ1n) is 9.40. The lowest BCUT2D eigenvalue weighted by Crippen LogP contribution is -2.16. The maximum Gasteiger partial charge on any atom is 0.334 e. The summed E-state index contributed by atoms with van der Waals surface area (Å²) in [6.45, 7) is 14.9. The van der Waals surface area contributed by atoms with Crippen molar-refractivity contribution >= 4 is 28.6 Å². The molecule has 1 heterocycles. The van der Waals surface area contributed by atoms with E-state index in [9.17, 15) is 9.90 Å². The molecule has 0 saturated heterocycles. The molecule has 0 fully saturated rings. The van der Waals surface area contributed by atoms with Gasteiger partial charge in [0.05, 0.1) is 0 Å². The summed E-state index contributed by atoms with van der Waals surface area (Å²) in [6, 6.07) is 8.67. The lowest BCUT2D eigenvalue weighted by molar-refractivity contribution is -0.142. The third-order valence-electron chi connectivity index (χ3n) is 4.60. The van der Waals surface area contributed by atoms with E-state index < -0.39 is 17.5 Å². The van der Waals surface area contributed by atoms with Gasteiger partial charge in [-0.3, -0.25) is 0 Å². The van der Waals surface area contributed by atoms with Gasteiger partial charge >= 0.3 is 5.97 Å². The highest BCUT2D eigenvalue weighted by atomic mass is 35.5. The van der Waals surface area contributed by atoms with Crippen molar-refractivity contribution in [3.63, 3.8) is 0 Å². The fraction of sp³-hybridized carbons (Fsp3) is 0.261. The zero-order valence-electron chi connectivity index (χ0n) is 17.4. The average Bonchev–Trinajstić information content (AvgIpc) is 3.08. The van der Waals surface area contributed by atoms with Crippen LogP contribution in [0, 0.1) is 0 Å². The number of nitrogens with zero attached hydrogens (tertiary/aromatic N) is 3. The number of phenols is 1. The van der Waals surface area contributed by atoms with Crippen molar-refractivity contribution in [1.82, 2.24) is 15.0 Å². The van der Waals surface area contributed by atoms with E-state index in [0.29, 0.717) is 32.9 Å². The van der Waals surface area contributed by atoms with Crippen molar-refractivity contribution < 1.29 is 14.6 Å². The second kappa shape index (κ2) is 7.95. The molecular formula is C23H24ClN3O3. The first-order valence-corrected chi connectivity index (χ1v) is 9.78. The molecule has 6 nitrogen and oxygen atoms in total. The van der Waals surface area contributed by atoms with Crippen LogP contribution in [0.4, 0.5) is 0 Å². The standard InChI is InChI=1S/C23H24ClN3O3/c1-7-20(30-22(29)13(2)3)14-10-16(23(4,5)6)21(28)19(11-14)27-25-17-9-8-15(24)12-18(17)26-27/h7-12,20,28H,1-2H2,3-6H3. The fourth-order valence-electron chi connectivity index (χ4n) is 2.99. The van der Waals surface area contributed by atoms with E-state index in [1.807, 2.05) is 20.8 Å². The summed E-state index contributed by atoms with van der Waals surface area (Å²) in [5, 5.41) is 20.5. The summed E-state index contributed by atoms with van der Waals surface area (Å²) in [4.78, 5) is 13.4. The Balaban J connectivity index is 2.20. The van der Waals surface area contributed by atoms with Crippen molar-refractivity contribution in [2.75, 3.05) is 0 Å². The van der Waals surface area contributed by atoms with Crippen LogP contribution in [0.1, 0.15) is 44.9 Å². The van der Waals surface area contributed by atoms with E-state index in [-0.39, 0.29) is 11.3 Å². The number of phenolic OH excluding ortho intramolecular Hbond substituents is 1. The topological polar surface area (TPSA) is 77.2 Å². The molecule has 30 heavy (non-hydrogen) atoms. The number of ether oxygens (including phenoxy) is 1. The Morgan fingerprint density at radius 1 is 1.23 bits per heavy atom. The van der Waals surface area contributed by atoms with Crippen LogP contribution in [-0.4, -0.2) is 26.1 Å². The lowest BCUT2D eigenvalue weighted by Gasteiger charge is -2.24. The van der Waals surface area contributed by atoms with Crippen LogP contribution >= 0.6 is 11.6 Å². The highest BCUT2D eigenvalue weighted by molar-refractivity contribution is 6.31. The van der Waals surface area contributed by atoms with Crippen molar-refractivity contribution in [3.8, 4) is 11.4 Å². The Morgan fingerprint density at radius 3 is 2.50 bits per heavy atom. The Kier molecular flexibility index (Phi) is 5.72. The van der Waals surface area contributed by atoms with Gasteiger partial charge in [-0.2, -0.15) is 0 Å². The smallest absolute Gasteiger partial charge is 0.334 e. The van der Waals surface area contributed by atoms with Gasteiger partial charge in [-0.15, -0.1) is 15.0 Å². The van der Waals surface area contributed by atoms with Gasteiger partial charge in [-0.05, 0) is 54.3 Å². The van der Waals surface area contributed by atoms with E-state index >= 15 is 0 Å². The normalized spacial score (nSPS) is 12.6. The molecule has 7 heteroatoms. The minimum atomic E-state index is -0.728. The number of halogens is 1. The number of aromatic nitrogens is 3. The van der Waals surface area contributed by atoms with Crippen LogP contribution < -0.4 is 0 Å². The molecule has 1 aromatic heterocycles. The predicted molar refractivity (Wildman–Crippen MR) is 118 cm³/mol. The number of aromatic hydroxyl groups is 1. The highest BCUT2D eigenvalue weighted by Crippen LogP contribution is 2.38. The fourth-order valence-corrected chi connectivity index (χ4v) is 3.16. The molecule has 0 aliphatic carbocycles. The second-order valence-corrected chi connectivity index (χ2v) is 8.59. The summed E-state index contributed by atoms with van der Waals surface area (Å²) < 4.78 is 5.51. The predicted octanol–water partition coefficient (Wildman–Crippen LogP) is 5.42. The molecule has 156 valence electrons. The minimum absolute atomic E-state index is 0.0479. The number of carbonyl (C=O) groups is 1. The van der Waals surface area contributed by atoms with Crippen LogP contribution in [0.3, 0.4) is 0 Å². The molecule has 1 atom stereocenters. The van der Waals surface area contributed by atoms with Gasteiger partial charge in [0, 0.05) is 16.2 Å². The molecule has 1 unspecified atom stereocenters. The number of carbonyl (C=O) groups excluding carboxylic acids is 1. The second-order valence-electron chi connectivity index (χ2n) is 8.15. The number of hydrogen-bond donors (Lipinski definition) is 1. The van der Waals surface area contributed by atoms with Crippen molar-refractivity contribution in [1.29, 1.82) is 0 Å². The number of hydrogen-bond acceptors (Lipinski definition) is 5. The van der Waals surface area contributed by atoms with Crippen molar-refractivity contribution in [3.05, 3.63) is 71.3 Å². The molecule has 3 aromatic rings. The number of benzene rings is 2. The quantitative estimate of drug-likeness (QED) is 0.335. The SMILES string of the molecule is C=CC(OC(=O)C(=C)C)c1cc(-n2nc3ccc(Cl)cc3n2)c(O)c(C(C)(C)C)c1. The molecule has 0 aliphatic heterocycles. The molecule has 3 rings (SSSR count). The Bertz CT molecular complexity index is 1160. The Morgan fingerprint density at radius 2 is 1.90 bits per heavy atom. The Hall–Kier alpha value is -3.12. The molecule has 0 spiro atoms. The summed E-state index contributed by atoms with van der Waals surface area (Å²) >= 11 is 6.06. The van der Waals surface area contributed by atoms with Gasteiger partial charge in [-0.25, -0.2) is 4.79 Å². The van der Waals surface area contributed by atoms with Crippen LogP contribution in [-0.2, 0) is 14.9 Å². The van der Waals surface area contributed by atoms with Crippen LogP contribution in [0.15, 0.2) is 55.1 Å². The lowest BCUT2D eigenvalue weighted by atomic mass is 9.84. The van der Waals surface area contributed by atoms with Crippen LogP contribution in [0.2, 0.25) is 5.02 Å². The largest absolute Gasteiger partial charge is 0.505 e. The van der Waals surface area contributed by atoms with Crippen molar-refractivity contribution in [2.24, 2.45) is 0 Å². The monoisotopic (exact) mass is 425 g/mol. The van der Waals surface area contributed by atoms with E-state index in [1.54, 1.807) is 37.3 Å². The first-order chi connectivity index (χ1) is 14.0. The molecular weight excluding hydrogens is 402 g/mol. The van der Waals surface area contributed by atoms with Gasteiger partial charge in [-0.1, -0.05) is 45.5 Å². The number of esters is 1. The maximum atomic E-state index is 12.1. The first kappa shape index (κ1) is 21.6.